The van der Waals surface area contributed by atoms with Crippen molar-refractivity contribution < 1.29 is 17.9 Å². The minimum Gasteiger partial charge on any atom is -0.494 e. The van der Waals surface area contributed by atoms with Crippen molar-refractivity contribution in [2.24, 2.45) is 0 Å². The molecular weight excluding hydrogens is 402 g/mol. The van der Waals surface area contributed by atoms with Crippen molar-refractivity contribution in [1.82, 2.24) is 10.3 Å². The summed E-state index contributed by atoms with van der Waals surface area (Å²) >= 11 is 0. The first-order valence-corrected chi connectivity index (χ1v) is 10.9. The van der Waals surface area contributed by atoms with Gasteiger partial charge in [0.1, 0.15) is 12.3 Å². The number of hydrogen-bond donors (Lipinski definition) is 1. The number of ether oxygens (including phenoxy) is 1. The van der Waals surface area contributed by atoms with Gasteiger partial charge >= 0.3 is 0 Å². The number of rotatable bonds is 9. The third-order valence-corrected chi connectivity index (χ3v) is 6.05. The molecule has 2 aromatic carbocycles. The van der Waals surface area contributed by atoms with Gasteiger partial charge in [0, 0.05) is 18.9 Å². The molecule has 0 aliphatic carbocycles. The van der Waals surface area contributed by atoms with Gasteiger partial charge in [-0.15, -0.1) is 0 Å². The maximum absolute atomic E-state index is 13.3. The quantitative estimate of drug-likeness (QED) is 0.569. The number of hydrogen-bond acceptors (Lipinski definition) is 5. The predicted molar refractivity (Wildman–Crippen MR) is 115 cm³/mol. The van der Waals surface area contributed by atoms with Crippen LogP contribution in [0.4, 0.5) is 5.69 Å². The summed E-state index contributed by atoms with van der Waals surface area (Å²) in [6.07, 6.45) is 3.29. The normalized spacial score (nSPS) is 11.0. The van der Waals surface area contributed by atoms with E-state index in [1.165, 1.54) is 12.1 Å². The number of nitrogens with zero attached hydrogens (tertiary/aromatic N) is 2. The van der Waals surface area contributed by atoms with E-state index in [1.807, 2.05) is 13.0 Å². The fourth-order valence-electron chi connectivity index (χ4n) is 2.80. The van der Waals surface area contributed by atoms with Crippen LogP contribution in [0.2, 0.25) is 0 Å². The van der Waals surface area contributed by atoms with Crippen LogP contribution < -0.4 is 14.4 Å². The second kappa shape index (κ2) is 9.89. The molecule has 0 atom stereocenters. The minimum absolute atomic E-state index is 0.0786. The summed E-state index contributed by atoms with van der Waals surface area (Å²) in [5, 5.41) is 2.74. The van der Waals surface area contributed by atoms with Crippen molar-refractivity contribution in [2.45, 2.75) is 18.4 Å². The van der Waals surface area contributed by atoms with Crippen molar-refractivity contribution in [3.63, 3.8) is 0 Å². The van der Waals surface area contributed by atoms with E-state index >= 15 is 0 Å². The fraction of sp³-hybridized carbons (Fsp3) is 0.182. The molecule has 8 heteroatoms. The van der Waals surface area contributed by atoms with Gasteiger partial charge in [0.15, 0.2) is 0 Å². The van der Waals surface area contributed by atoms with Gasteiger partial charge in [-0.3, -0.25) is 14.1 Å². The van der Waals surface area contributed by atoms with Crippen molar-refractivity contribution >= 4 is 21.6 Å². The van der Waals surface area contributed by atoms with E-state index < -0.39 is 15.9 Å². The third kappa shape index (κ3) is 5.36. The van der Waals surface area contributed by atoms with E-state index in [9.17, 15) is 13.2 Å². The molecule has 0 fully saturated rings. The summed E-state index contributed by atoms with van der Waals surface area (Å²) in [7, 11) is -3.96. The van der Waals surface area contributed by atoms with Gasteiger partial charge in [0.2, 0.25) is 5.91 Å². The lowest BCUT2D eigenvalue weighted by atomic mass is 10.3. The summed E-state index contributed by atoms with van der Waals surface area (Å²) in [6.45, 7) is 2.25. The molecule has 1 amide bonds. The number of sulfonamides is 1. The van der Waals surface area contributed by atoms with E-state index in [0.29, 0.717) is 18.0 Å². The van der Waals surface area contributed by atoms with E-state index in [-0.39, 0.29) is 18.0 Å². The van der Waals surface area contributed by atoms with Crippen LogP contribution in [-0.4, -0.2) is 32.5 Å². The number of pyridine rings is 1. The van der Waals surface area contributed by atoms with E-state index in [0.717, 1.165) is 9.87 Å². The number of anilines is 1. The topological polar surface area (TPSA) is 88.6 Å². The zero-order chi connectivity index (χ0) is 21.4. The molecule has 7 nitrogen and oxygen atoms in total. The number of carbonyl (C=O) groups is 1. The first-order chi connectivity index (χ1) is 14.5. The third-order valence-electron chi connectivity index (χ3n) is 4.27. The highest BCUT2D eigenvalue weighted by atomic mass is 32.2. The van der Waals surface area contributed by atoms with Gasteiger partial charge in [0.25, 0.3) is 10.0 Å². The number of aromatic nitrogens is 1. The molecule has 30 heavy (non-hydrogen) atoms. The fourth-order valence-corrected chi connectivity index (χ4v) is 4.22. The Bertz CT molecular complexity index is 1060. The highest BCUT2D eigenvalue weighted by Gasteiger charge is 2.27. The number of amides is 1. The molecule has 3 rings (SSSR count). The summed E-state index contributed by atoms with van der Waals surface area (Å²) in [5.74, 6) is 0.161. The van der Waals surface area contributed by atoms with Crippen LogP contribution >= 0.6 is 0 Å². The van der Waals surface area contributed by atoms with Crippen molar-refractivity contribution in [1.29, 1.82) is 0 Å². The summed E-state index contributed by atoms with van der Waals surface area (Å²) in [6, 6.07) is 18.3. The average Bonchev–Trinajstić information content (AvgIpc) is 2.78. The Balaban J connectivity index is 1.82. The zero-order valence-electron chi connectivity index (χ0n) is 16.6. The number of para-hydroxylation sites is 1. The summed E-state index contributed by atoms with van der Waals surface area (Å²) in [5.41, 5.74) is 1.23. The molecule has 0 radical (unpaired) electrons. The lowest BCUT2D eigenvalue weighted by Crippen LogP contribution is -2.40. The number of benzene rings is 2. The van der Waals surface area contributed by atoms with Crippen molar-refractivity contribution in [3.8, 4) is 5.75 Å². The second-order valence-electron chi connectivity index (χ2n) is 6.39. The Morgan fingerprint density at radius 1 is 1.03 bits per heavy atom. The number of carbonyl (C=O) groups excluding carboxylic acids is 1. The van der Waals surface area contributed by atoms with E-state index in [4.69, 9.17) is 4.74 Å². The number of nitrogens with one attached hydrogen (secondary N) is 1. The van der Waals surface area contributed by atoms with Crippen LogP contribution in [0, 0.1) is 0 Å². The van der Waals surface area contributed by atoms with Crippen LogP contribution in [0.15, 0.2) is 84.0 Å². The first-order valence-electron chi connectivity index (χ1n) is 9.47. The van der Waals surface area contributed by atoms with Gasteiger partial charge in [-0.2, -0.15) is 0 Å². The molecule has 0 unspecified atom stereocenters. The second-order valence-corrected chi connectivity index (χ2v) is 8.25. The van der Waals surface area contributed by atoms with E-state index in [2.05, 4.69) is 10.3 Å². The Morgan fingerprint density at radius 2 is 1.77 bits per heavy atom. The van der Waals surface area contributed by atoms with Crippen molar-refractivity contribution in [3.05, 3.63) is 84.7 Å². The van der Waals surface area contributed by atoms with Crippen LogP contribution in [0.25, 0.3) is 0 Å². The summed E-state index contributed by atoms with van der Waals surface area (Å²) < 4.78 is 33.1. The minimum atomic E-state index is -3.96. The van der Waals surface area contributed by atoms with Crippen LogP contribution in [0.1, 0.15) is 12.5 Å². The molecule has 156 valence electrons. The summed E-state index contributed by atoms with van der Waals surface area (Å²) in [4.78, 5) is 16.6. The maximum atomic E-state index is 13.3. The molecule has 0 saturated heterocycles. The van der Waals surface area contributed by atoms with Gasteiger partial charge in [-0.1, -0.05) is 24.3 Å². The van der Waals surface area contributed by atoms with Gasteiger partial charge in [0.05, 0.1) is 17.2 Å². The monoisotopic (exact) mass is 425 g/mol. The highest BCUT2D eigenvalue weighted by molar-refractivity contribution is 7.92. The largest absolute Gasteiger partial charge is 0.494 e. The van der Waals surface area contributed by atoms with Crippen LogP contribution in [0.5, 0.6) is 5.75 Å². The molecule has 0 aliphatic rings. The standard InChI is InChI=1S/C22H23N3O4S/c1-2-29-20-10-12-21(13-11-20)30(27,28)25(19-8-4-3-5-9-19)17-22(26)24-16-18-7-6-14-23-15-18/h3-15H,2,16-17H2,1H3,(H,24,26). The van der Waals surface area contributed by atoms with Gasteiger partial charge in [-0.05, 0) is 55.0 Å². The average molecular weight is 426 g/mol. The Hall–Kier alpha value is -3.39. The van der Waals surface area contributed by atoms with Crippen molar-refractivity contribution in [2.75, 3.05) is 17.5 Å². The van der Waals surface area contributed by atoms with Crippen LogP contribution in [0.3, 0.4) is 0 Å². The molecule has 0 spiro atoms. The molecule has 0 saturated carbocycles. The molecule has 0 bridgehead atoms. The predicted octanol–water partition coefficient (Wildman–Crippen LogP) is 2.99. The van der Waals surface area contributed by atoms with E-state index in [1.54, 1.807) is 60.9 Å². The smallest absolute Gasteiger partial charge is 0.264 e. The first kappa shape index (κ1) is 21.3. The zero-order valence-corrected chi connectivity index (χ0v) is 17.4. The Labute approximate surface area is 176 Å². The maximum Gasteiger partial charge on any atom is 0.264 e. The highest BCUT2D eigenvalue weighted by Crippen LogP contribution is 2.25. The van der Waals surface area contributed by atoms with Crippen LogP contribution in [-0.2, 0) is 21.4 Å². The lowest BCUT2D eigenvalue weighted by molar-refractivity contribution is -0.119. The molecule has 0 aliphatic heterocycles. The Morgan fingerprint density at radius 3 is 2.40 bits per heavy atom. The SMILES string of the molecule is CCOc1ccc(S(=O)(=O)N(CC(=O)NCc2cccnc2)c2ccccc2)cc1. The lowest BCUT2D eigenvalue weighted by Gasteiger charge is -2.24. The molecule has 1 heterocycles. The molecule has 3 aromatic rings. The van der Waals surface area contributed by atoms with Gasteiger partial charge < -0.3 is 10.1 Å². The Kier molecular flexibility index (Phi) is 7.03. The van der Waals surface area contributed by atoms with Gasteiger partial charge in [-0.25, -0.2) is 8.42 Å². The molecule has 1 N–H and O–H groups in total. The molecular formula is C22H23N3O4S. The molecule has 1 aromatic heterocycles.